The van der Waals surface area contributed by atoms with Crippen LogP contribution in [0.25, 0.3) is 11.0 Å². The third-order valence-electron chi connectivity index (χ3n) is 5.82. The molecule has 3 aromatic heterocycles. The summed E-state index contributed by atoms with van der Waals surface area (Å²) in [6.07, 6.45) is 10.8. The van der Waals surface area contributed by atoms with E-state index in [-0.39, 0.29) is 6.04 Å². The fourth-order valence-corrected chi connectivity index (χ4v) is 4.64. The summed E-state index contributed by atoms with van der Waals surface area (Å²) in [6, 6.07) is 2.88. The number of amides is 1. The molecule has 1 amide bonds. The lowest BCUT2D eigenvalue weighted by Gasteiger charge is -2.39. The number of rotatable bonds is 4. The number of carbonyl (C=O) groups excluding carboxylic acids is 1. The number of aromatic nitrogens is 4. The van der Waals surface area contributed by atoms with Gasteiger partial charge in [-0.25, -0.2) is 15.0 Å². The number of hydrogen-bond donors (Lipinski definition) is 4. The number of pyridine rings is 1. The van der Waals surface area contributed by atoms with E-state index >= 15 is 0 Å². The number of piperidine rings is 1. The standard InChI is InChI=1S/C19H22N8O/c20-10-7-24-19(25-8-10)27-12-1-2-13(27)6-11(5-12)26-16-14-3-4-22-18(14)23-9-15(16)17(21)28/h3-4,7-9,11-13H,1-2,5-6,20H2,(H2,21,28)(H2,22,23,26)/t11-,12-,13+. The lowest BCUT2D eigenvalue weighted by Crippen LogP contribution is -2.48. The minimum absolute atomic E-state index is 0.237. The molecule has 6 N–H and O–H groups in total. The van der Waals surface area contributed by atoms with Crippen LogP contribution in [0.2, 0.25) is 0 Å². The molecule has 5 heterocycles. The highest BCUT2D eigenvalue weighted by atomic mass is 16.1. The molecular weight excluding hydrogens is 356 g/mol. The Labute approximate surface area is 161 Å². The summed E-state index contributed by atoms with van der Waals surface area (Å²) in [4.78, 5) is 30.5. The minimum atomic E-state index is -0.478. The number of carbonyl (C=O) groups is 1. The molecule has 3 aromatic rings. The van der Waals surface area contributed by atoms with E-state index in [9.17, 15) is 4.79 Å². The smallest absolute Gasteiger partial charge is 0.252 e. The molecule has 0 saturated carbocycles. The number of H-pyrrole nitrogens is 1. The Bertz CT molecular complexity index is 1020. The molecular formula is C19H22N8O. The van der Waals surface area contributed by atoms with Gasteiger partial charge in [0.15, 0.2) is 0 Å². The van der Waals surface area contributed by atoms with Crippen molar-refractivity contribution in [3.8, 4) is 0 Å². The van der Waals surface area contributed by atoms with Crippen LogP contribution in [0.1, 0.15) is 36.0 Å². The van der Waals surface area contributed by atoms with Gasteiger partial charge in [-0.15, -0.1) is 0 Å². The number of aromatic amines is 1. The van der Waals surface area contributed by atoms with Crippen molar-refractivity contribution in [2.45, 2.75) is 43.8 Å². The predicted molar refractivity (Wildman–Crippen MR) is 107 cm³/mol. The van der Waals surface area contributed by atoms with Crippen LogP contribution in [0.5, 0.6) is 0 Å². The fourth-order valence-electron chi connectivity index (χ4n) is 4.64. The second-order valence-electron chi connectivity index (χ2n) is 7.57. The summed E-state index contributed by atoms with van der Waals surface area (Å²) in [5.41, 5.74) is 13.8. The molecule has 0 radical (unpaired) electrons. The van der Waals surface area contributed by atoms with Crippen LogP contribution in [-0.2, 0) is 0 Å². The molecule has 5 rings (SSSR count). The number of fused-ring (bicyclic) bond motifs is 3. The Morgan fingerprint density at radius 2 is 1.86 bits per heavy atom. The average molecular weight is 378 g/mol. The van der Waals surface area contributed by atoms with E-state index in [1.54, 1.807) is 12.4 Å². The van der Waals surface area contributed by atoms with Crippen LogP contribution in [0.4, 0.5) is 17.3 Å². The van der Waals surface area contributed by atoms with Gasteiger partial charge in [0.2, 0.25) is 5.95 Å². The van der Waals surface area contributed by atoms with Gasteiger partial charge in [0.05, 0.1) is 29.3 Å². The van der Waals surface area contributed by atoms with E-state index in [0.29, 0.717) is 23.3 Å². The third kappa shape index (κ3) is 2.70. The topological polar surface area (TPSA) is 139 Å². The average Bonchev–Trinajstić information content (AvgIpc) is 3.25. The van der Waals surface area contributed by atoms with Crippen molar-refractivity contribution in [1.29, 1.82) is 0 Å². The zero-order valence-corrected chi connectivity index (χ0v) is 15.3. The number of hydrogen-bond acceptors (Lipinski definition) is 7. The zero-order chi connectivity index (χ0) is 19.3. The summed E-state index contributed by atoms with van der Waals surface area (Å²) in [5.74, 6) is 0.267. The van der Waals surface area contributed by atoms with Gasteiger partial charge in [-0.2, -0.15) is 0 Å². The van der Waals surface area contributed by atoms with Gasteiger partial charge < -0.3 is 26.7 Å². The van der Waals surface area contributed by atoms with E-state index in [2.05, 4.69) is 30.2 Å². The Morgan fingerprint density at radius 3 is 2.54 bits per heavy atom. The Morgan fingerprint density at radius 1 is 1.14 bits per heavy atom. The van der Waals surface area contributed by atoms with Gasteiger partial charge in [-0.3, -0.25) is 4.79 Å². The van der Waals surface area contributed by atoms with Crippen LogP contribution in [0, 0.1) is 0 Å². The zero-order valence-electron chi connectivity index (χ0n) is 15.3. The maximum Gasteiger partial charge on any atom is 0.252 e. The molecule has 2 saturated heterocycles. The Kier molecular flexibility index (Phi) is 3.81. The number of primary amides is 1. The number of nitrogen functional groups attached to an aromatic ring is 1. The number of nitrogens with zero attached hydrogens (tertiary/aromatic N) is 4. The first-order chi connectivity index (χ1) is 13.6. The van der Waals surface area contributed by atoms with Crippen molar-refractivity contribution in [1.82, 2.24) is 19.9 Å². The van der Waals surface area contributed by atoms with Crippen LogP contribution in [0.15, 0.2) is 30.9 Å². The monoisotopic (exact) mass is 378 g/mol. The lowest BCUT2D eigenvalue weighted by atomic mass is 9.96. The second kappa shape index (κ2) is 6.36. The van der Waals surface area contributed by atoms with Gasteiger partial charge in [0.1, 0.15) is 5.65 Å². The summed E-state index contributed by atoms with van der Waals surface area (Å²) >= 11 is 0. The summed E-state index contributed by atoms with van der Waals surface area (Å²) in [7, 11) is 0. The van der Waals surface area contributed by atoms with Gasteiger partial charge in [0, 0.05) is 35.9 Å². The first-order valence-electron chi connectivity index (χ1n) is 9.48. The van der Waals surface area contributed by atoms with Crippen molar-refractivity contribution < 1.29 is 4.79 Å². The van der Waals surface area contributed by atoms with Crippen molar-refractivity contribution >= 4 is 34.3 Å². The van der Waals surface area contributed by atoms with Crippen LogP contribution in [-0.4, -0.2) is 44.0 Å². The summed E-state index contributed by atoms with van der Waals surface area (Å²) < 4.78 is 0. The van der Waals surface area contributed by atoms with Crippen molar-refractivity contribution in [2.75, 3.05) is 16.0 Å². The Balaban J connectivity index is 1.41. The summed E-state index contributed by atoms with van der Waals surface area (Å²) in [6.45, 7) is 0. The van der Waals surface area contributed by atoms with Gasteiger partial charge in [-0.05, 0) is 31.7 Å². The predicted octanol–water partition coefficient (Wildman–Crippen LogP) is 1.65. The summed E-state index contributed by atoms with van der Waals surface area (Å²) in [5, 5.41) is 4.48. The van der Waals surface area contributed by atoms with Crippen molar-refractivity contribution in [2.24, 2.45) is 5.73 Å². The SMILES string of the molecule is NC(=O)c1cnc2[nH]ccc2c1N[C@@H]1C[C@H]2CC[C@@H](C1)N2c1ncc(N)cn1. The quantitative estimate of drug-likeness (QED) is 0.541. The lowest BCUT2D eigenvalue weighted by molar-refractivity contribution is 0.100. The van der Waals surface area contributed by atoms with E-state index in [1.807, 2.05) is 12.3 Å². The molecule has 2 aliphatic heterocycles. The molecule has 2 aliphatic rings. The molecule has 0 unspecified atom stereocenters. The number of nitrogens with one attached hydrogen (secondary N) is 2. The van der Waals surface area contributed by atoms with Crippen molar-refractivity contribution in [3.05, 3.63) is 36.4 Å². The molecule has 9 heteroatoms. The number of nitrogens with two attached hydrogens (primary N) is 2. The Hall–Kier alpha value is -3.36. The van der Waals surface area contributed by atoms with E-state index in [1.165, 1.54) is 6.20 Å². The highest BCUT2D eigenvalue weighted by Crippen LogP contribution is 2.39. The molecule has 28 heavy (non-hydrogen) atoms. The molecule has 2 bridgehead atoms. The maximum atomic E-state index is 11.9. The molecule has 0 aromatic carbocycles. The first kappa shape index (κ1) is 16.8. The molecule has 0 spiro atoms. The van der Waals surface area contributed by atoms with E-state index in [0.717, 1.165) is 48.4 Å². The second-order valence-corrected chi connectivity index (χ2v) is 7.57. The van der Waals surface area contributed by atoms with Crippen LogP contribution < -0.4 is 21.7 Å². The number of anilines is 3. The van der Waals surface area contributed by atoms with Crippen LogP contribution >= 0.6 is 0 Å². The minimum Gasteiger partial charge on any atom is -0.396 e. The normalized spacial score (nSPS) is 23.9. The maximum absolute atomic E-state index is 11.9. The van der Waals surface area contributed by atoms with E-state index < -0.39 is 5.91 Å². The van der Waals surface area contributed by atoms with Crippen molar-refractivity contribution in [3.63, 3.8) is 0 Å². The highest BCUT2D eigenvalue weighted by Gasteiger charge is 2.42. The third-order valence-corrected chi connectivity index (χ3v) is 5.82. The fraction of sp³-hybridized carbons (Fsp3) is 0.368. The van der Waals surface area contributed by atoms with Gasteiger partial charge in [-0.1, -0.05) is 0 Å². The van der Waals surface area contributed by atoms with Gasteiger partial charge in [0.25, 0.3) is 5.91 Å². The first-order valence-corrected chi connectivity index (χ1v) is 9.48. The molecule has 2 fully saturated rings. The van der Waals surface area contributed by atoms with Gasteiger partial charge >= 0.3 is 0 Å². The molecule has 144 valence electrons. The largest absolute Gasteiger partial charge is 0.396 e. The molecule has 9 nitrogen and oxygen atoms in total. The highest BCUT2D eigenvalue weighted by molar-refractivity contribution is 6.06. The molecule has 3 atom stereocenters. The molecule has 0 aliphatic carbocycles. The van der Waals surface area contributed by atoms with E-state index in [4.69, 9.17) is 11.5 Å². The van der Waals surface area contributed by atoms with Crippen LogP contribution in [0.3, 0.4) is 0 Å².